The highest BCUT2D eigenvalue weighted by Crippen LogP contribution is 2.35. The third-order valence-corrected chi connectivity index (χ3v) is 7.04. The summed E-state index contributed by atoms with van der Waals surface area (Å²) in [5.74, 6) is 0.651. The van der Waals surface area contributed by atoms with Gasteiger partial charge in [0.1, 0.15) is 11.4 Å². The Morgan fingerprint density at radius 2 is 1.81 bits per heavy atom. The van der Waals surface area contributed by atoms with Gasteiger partial charge in [-0.05, 0) is 32.0 Å². The smallest absolute Gasteiger partial charge is 0.208 e. The molecule has 0 bridgehead atoms. The Balaban J connectivity index is 1.82. The number of nitrogens with zero attached hydrogens (tertiary/aromatic N) is 5. The molecule has 9 heteroatoms. The maximum atomic E-state index is 13.5. The first kappa shape index (κ1) is 19.3. The van der Waals surface area contributed by atoms with Crippen LogP contribution < -0.4 is 0 Å². The second-order valence-electron chi connectivity index (χ2n) is 7.35. The molecular formula is C22H19N5O3S. The van der Waals surface area contributed by atoms with Crippen molar-refractivity contribution < 1.29 is 12.9 Å². The molecule has 0 aliphatic carbocycles. The zero-order chi connectivity index (χ0) is 21.8. The predicted octanol–water partition coefficient (Wildman–Crippen LogP) is 3.86. The van der Waals surface area contributed by atoms with Crippen molar-refractivity contribution in [2.45, 2.75) is 23.6 Å². The van der Waals surface area contributed by atoms with E-state index < -0.39 is 9.84 Å². The average Bonchev–Trinajstić information content (AvgIpc) is 3.45. The van der Waals surface area contributed by atoms with Crippen molar-refractivity contribution in [3.05, 3.63) is 72.6 Å². The van der Waals surface area contributed by atoms with Crippen molar-refractivity contribution >= 4 is 20.9 Å². The summed E-state index contributed by atoms with van der Waals surface area (Å²) >= 11 is 0. The van der Waals surface area contributed by atoms with E-state index in [1.165, 1.54) is 0 Å². The molecule has 0 spiro atoms. The van der Waals surface area contributed by atoms with Crippen LogP contribution in [0.5, 0.6) is 0 Å². The highest BCUT2D eigenvalue weighted by atomic mass is 32.2. The van der Waals surface area contributed by atoms with E-state index in [4.69, 9.17) is 4.52 Å². The number of rotatable bonds is 4. The summed E-state index contributed by atoms with van der Waals surface area (Å²) in [4.78, 5) is 5.03. The van der Waals surface area contributed by atoms with Gasteiger partial charge in [-0.15, -0.1) is 0 Å². The number of aryl methyl sites for hydroxylation is 3. The van der Waals surface area contributed by atoms with Gasteiger partial charge in [0.05, 0.1) is 27.4 Å². The molecule has 1 aromatic carbocycles. The van der Waals surface area contributed by atoms with Crippen LogP contribution in [0.2, 0.25) is 0 Å². The SMILES string of the molecule is Cc1noc(C)c1-c1cnc2c(c1)c(S(=O)(=O)c1ccccc1)cn2-c1cnn(C)c1. The molecule has 4 aromatic heterocycles. The molecule has 0 unspecified atom stereocenters. The van der Waals surface area contributed by atoms with Gasteiger partial charge in [-0.1, -0.05) is 23.4 Å². The lowest BCUT2D eigenvalue weighted by atomic mass is 10.1. The Bertz CT molecular complexity index is 1510. The summed E-state index contributed by atoms with van der Waals surface area (Å²) in [5.41, 5.74) is 3.53. The molecule has 5 aromatic rings. The van der Waals surface area contributed by atoms with E-state index in [1.807, 2.05) is 26.1 Å². The average molecular weight is 433 g/mol. The first-order valence-corrected chi connectivity index (χ1v) is 11.1. The molecule has 0 atom stereocenters. The Labute approximate surface area is 178 Å². The zero-order valence-corrected chi connectivity index (χ0v) is 18.0. The van der Waals surface area contributed by atoms with Crippen molar-refractivity contribution in [3.63, 3.8) is 0 Å². The minimum absolute atomic E-state index is 0.179. The van der Waals surface area contributed by atoms with E-state index in [0.717, 1.165) is 22.5 Å². The molecule has 0 saturated carbocycles. The standard InChI is InChI=1S/C22H19N5O3S/c1-14-21(15(2)30-25-14)16-9-19-20(31(28,29)18-7-5-4-6-8-18)13-27(22(19)23-10-16)17-11-24-26(3)12-17/h4-13H,1-3H3. The van der Waals surface area contributed by atoms with Crippen LogP contribution in [0.15, 0.2) is 75.5 Å². The largest absolute Gasteiger partial charge is 0.361 e. The van der Waals surface area contributed by atoms with E-state index in [9.17, 15) is 8.42 Å². The first-order chi connectivity index (χ1) is 14.9. The lowest BCUT2D eigenvalue weighted by Crippen LogP contribution is -2.01. The normalized spacial score (nSPS) is 12.0. The van der Waals surface area contributed by atoms with Crippen LogP contribution in [0.3, 0.4) is 0 Å². The summed E-state index contributed by atoms with van der Waals surface area (Å²) < 4.78 is 35.8. The number of benzene rings is 1. The second kappa shape index (κ2) is 6.92. The monoisotopic (exact) mass is 433 g/mol. The lowest BCUT2D eigenvalue weighted by molar-refractivity contribution is 0.393. The van der Waals surface area contributed by atoms with Gasteiger partial charge in [0.25, 0.3) is 0 Å². The van der Waals surface area contributed by atoms with Gasteiger partial charge in [0.2, 0.25) is 9.84 Å². The number of aromatic nitrogens is 5. The summed E-state index contributed by atoms with van der Waals surface area (Å²) in [6, 6.07) is 10.2. The molecule has 0 aliphatic heterocycles. The Morgan fingerprint density at radius 1 is 1.03 bits per heavy atom. The van der Waals surface area contributed by atoms with Crippen LogP contribution >= 0.6 is 0 Å². The highest BCUT2D eigenvalue weighted by molar-refractivity contribution is 7.91. The Morgan fingerprint density at radius 3 is 2.45 bits per heavy atom. The first-order valence-electron chi connectivity index (χ1n) is 9.60. The van der Waals surface area contributed by atoms with Crippen molar-refractivity contribution in [2.75, 3.05) is 0 Å². The van der Waals surface area contributed by atoms with Crippen LogP contribution in [0.1, 0.15) is 11.5 Å². The van der Waals surface area contributed by atoms with E-state index in [0.29, 0.717) is 16.8 Å². The predicted molar refractivity (Wildman–Crippen MR) is 115 cm³/mol. The van der Waals surface area contributed by atoms with Crippen LogP contribution in [-0.4, -0.2) is 32.9 Å². The van der Waals surface area contributed by atoms with Crippen LogP contribution in [-0.2, 0) is 16.9 Å². The van der Waals surface area contributed by atoms with E-state index in [2.05, 4.69) is 15.2 Å². The van der Waals surface area contributed by atoms with Gasteiger partial charge < -0.3 is 4.52 Å². The Hall–Kier alpha value is -3.72. The third kappa shape index (κ3) is 3.05. The third-order valence-electron chi connectivity index (χ3n) is 5.24. The van der Waals surface area contributed by atoms with Gasteiger partial charge in [0, 0.05) is 42.2 Å². The van der Waals surface area contributed by atoms with Gasteiger partial charge in [-0.2, -0.15) is 5.10 Å². The molecule has 0 radical (unpaired) electrons. The molecule has 5 rings (SSSR count). The molecule has 0 N–H and O–H groups in total. The number of hydrogen-bond acceptors (Lipinski definition) is 6. The fraction of sp³-hybridized carbons (Fsp3) is 0.136. The minimum atomic E-state index is -3.78. The maximum Gasteiger partial charge on any atom is 0.208 e. The fourth-order valence-corrected chi connectivity index (χ4v) is 5.23. The van der Waals surface area contributed by atoms with Crippen molar-refractivity contribution in [1.82, 2.24) is 24.5 Å². The minimum Gasteiger partial charge on any atom is -0.361 e. The quantitative estimate of drug-likeness (QED) is 0.427. The summed E-state index contributed by atoms with van der Waals surface area (Å²) in [6.07, 6.45) is 6.79. The van der Waals surface area contributed by atoms with Gasteiger partial charge in [-0.3, -0.25) is 9.25 Å². The van der Waals surface area contributed by atoms with Crippen LogP contribution in [0.4, 0.5) is 0 Å². The second-order valence-corrected chi connectivity index (χ2v) is 9.26. The van der Waals surface area contributed by atoms with Crippen molar-refractivity contribution in [1.29, 1.82) is 0 Å². The molecule has 8 nitrogen and oxygen atoms in total. The molecule has 4 heterocycles. The number of sulfone groups is 1. The molecule has 0 saturated heterocycles. The van der Waals surface area contributed by atoms with Gasteiger partial charge in [-0.25, -0.2) is 13.4 Å². The lowest BCUT2D eigenvalue weighted by Gasteiger charge is -2.05. The topological polar surface area (TPSA) is 95.8 Å². The summed E-state index contributed by atoms with van der Waals surface area (Å²) in [7, 11) is -1.97. The number of fused-ring (bicyclic) bond motifs is 1. The number of pyridine rings is 1. The van der Waals surface area contributed by atoms with Gasteiger partial charge in [0.15, 0.2) is 0 Å². The Kier molecular flexibility index (Phi) is 4.30. The summed E-state index contributed by atoms with van der Waals surface area (Å²) in [6.45, 7) is 3.67. The van der Waals surface area contributed by atoms with E-state index in [-0.39, 0.29) is 9.79 Å². The van der Waals surface area contributed by atoms with Crippen molar-refractivity contribution in [2.24, 2.45) is 7.05 Å². The maximum absolute atomic E-state index is 13.5. The molecule has 0 fully saturated rings. The fourth-order valence-electron chi connectivity index (χ4n) is 3.78. The molecule has 0 aliphatic rings. The number of hydrogen-bond donors (Lipinski definition) is 0. The molecular weight excluding hydrogens is 414 g/mol. The summed E-state index contributed by atoms with van der Waals surface area (Å²) in [5, 5.41) is 8.74. The van der Waals surface area contributed by atoms with E-state index >= 15 is 0 Å². The van der Waals surface area contributed by atoms with Gasteiger partial charge >= 0.3 is 0 Å². The van der Waals surface area contributed by atoms with Crippen LogP contribution in [0, 0.1) is 13.8 Å². The van der Waals surface area contributed by atoms with Crippen molar-refractivity contribution in [3.8, 4) is 16.8 Å². The molecule has 0 amide bonds. The van der Waals surface area contributed by atoms with E-state index in [1.54, 1.807) is 65.2 Å². The van der Waals surface area contributed by atoms with Crippen LogP contribution in [0.25, 0.3) is 27.8 Å². The molecule has 156 valence electrons. The molecule has 31 heavy (non-hydrogen) atoms. The zero-order valence-electron chi connectivity index (χ0n) is 17.1. The highest BCUT2D eigenvalue weighted by Gasteiger charge is 2.26.